The molecule has 5 atom stereocenters. The van der Waals surface area contributed by atoms with Crippen molar-refractivity contribution in [2.75, 3.05) is 14.2 Å². The van der Waals surface area contributed by atoms with Crippen LogP contribution in [0.1, 0.15) is 37.9 Å². The van der Waals surface area contributed by atoms with E-state index < -0.39 is 34.8 Å². The summed E-state index contributed by atoms with van der Waals surface area (Å²) >= 11 is 0. The molecule has 2 heterocycles. The Bertz CT molecular complexity index is 896. The molecule has 0 radical (unpaired) electrons. The first-order valence-electron chi connectivity index (χ1n) is 9.70. The molecule has 0 N–H and O–H groups in total. The summed E-state index contributed by atoms with van der Waals surface area (Å²) in [6, 6.07) is 1.77. The topological polar surface area (TPSA) is 92.0 Å². The molecule has 1 saturated heterocycles. The standard InChI is InChI=1S/C22H24O7/c1-13-7-9-21(19(24)27-3)15(18(23)26-2)5-4-6-17(21)22(13)11-16(29-20(22)25)14-8-10-28-12-14/h4-6,8,10,12-13,16-17H,7,9,11H2,1-3H3/t13-,16+,17+,21-,22-/m1/s1. The Morgan fingerprint density at radius 1 is 1.24 bits per heavy atom. The van der Waals surface area contributed by atoms with Crippen LogP contribution in [0.5, 0.6) is 0 Å². The molecular formula is C22H24O7. The molecule has 1 aliphatic heterocycles. The number of hydrogen-bond acceptors (Lipinski definition) is 7. The summed E-state index contributed by atoms with van der Waals surface area (Å²) in [6.45, 7) is 2.00. The van der Waals surface area contributed by atoms with Gasteiger partial charge in [-0.05, 0) is 24.8 Å². The third-order valence-corrected chi connectivity index (χ3v) is 7.01. The summed E-state index contributed by atoms with van der Waals surface area (Å²) in [5, 5.41) is 0. The number of methoxy groups -OCH3 is 2. The largest absolute Gasteiger partial charge is 0.472 e. The Hall–Kier alpha value is -2.83. The van der Waals surface area contributed by atoms with Gasteiger partial charge in [0.25, 0.3) is 0 Å². The number of furan rings is 1. The number of ether oxygens (including phenoxy) is 3. The summed E-state index contributed by atoms with van der Waals surface area (Å²) in [4.78, 5) is 39.1. The third kappa shape index (κ3) is 2.52. The van der Waals surface area contributed by atoms with Crippen LogP contribution in [0.4, 0.5) is 0 Å². The molecule has 0 bridgehead atoms. The van der Waals surface area contributed by atoms with E-state index in [4.69, 9.17) is 18.6 Å². The van der Waals surface area contributed by atoms with Gasteiger partial charge in [-0.25, -0.2) is 4.79 Å². The number of esters is 3. The van der Waals surface area contributed by atoms with Crippen molar-refractivity contribution < 1.29 is 33.0 Å². The van der Waals surface area contributed by atoms with Gasteiger partial charge in [-0.15, -0.1) is 0 Å². The fraction of sp³-hybridized carbons (Fsp3) is 0.500. The number of carbonyl (C=O) groups is 3. The van der Waals surface area contributed by atoms with Crippen molar-refractivity contribution in [3.05, 3.63) is 48.0 Å². The molecular weight excluding hydrogens is 376 g/mol. The van der Waals surface area contributed by atoms with Gasteiger partial charge in [-0.1, -0.05) is 25.2 Å². The van der Waals surface area contributed by atoms with Crippen molar-refractivity contribution in [3.63, 3.8) is 0 Å². The Labute approximate surface area is 168 Å². The van der Waals surface area contributed by atoms with Crippen LogP contribution in [-0.2, 0) is 28.6 Å². The third-order valence-electron chi connectivity index (χ3n) is 7.01. The SMILES string of the molecule is COC(=O)C1=CC=C[C@H]2[C@@]1(C(=O)OC)CC[C@@H](C)[C@]21C[C@@H](c2ccoc2)OC1=O. The Morgan fingerprint density at radius 2 is 2.03 bits per heavy atom. The average molecular weight is 400 g/mol. The van der Waals surface area contributed by atoms with E-state index in [1.54, 1.807) is 24.5 Å². The van der Waals surface area contributed by atoms with Gasteiger partial charge >= 0.3 is 17.9 Å². The second-order valence-corrected chi connectivity index (χ2v) is 8.03. The first-order chi connectivity index (χ1) is 13.9. The van der Waals surface area contributed by atoms with E-state index in [0.29, 0.717) is 19.3 Å². The van der Waals surface area contributed by atoms with E-state index in [0.717, 1.165) is 5.56 Å². The normalized spacial score (nSPS) is 35.6. The summed E-state index contributed by atoms with van der Waals surface area (Å²) in [5.41, 5.74) is -1.24. The number of carbonyl (C=O) groups excluding carboxylic acids is 3. The average Bonchev–Trinajstić information content (AvgIpc) is 3.38. The van der Waals surface area contributed by atoms with E-state index in [9.17, 15) is 14.4 Å². The van der Waals surface area contributed by atoms with Gasteiger partial charge in [0.1, 0.15) is 11.5 Å². The number of hydrogen-bond donors (Lipinski definition) is 0. The van der Waals surface area contributed by atoms with Gasteiger partial charge in [0.15, 0.2) is 0 Å². The van der Waals surface area contributed by atoms with Crippen LogP contribution < -0.4 is 0 Å². The maximum absolute atomic E-state index is 13.3. The van der Waals surface area contributed by atoms with Crippen LogP contribution in [-0.4, -0.2) is 32.1 Å². The molecule has 1 spiro atoms. The smallest absolute Gasteiger partial charge is 0.334 e. The lowest BCUT2D eigenvalue weighted by Gasteiger charge is -2.53. The van der Waals surface area contributed by atoms with E-state index in [-0.39, 0.29) is 17.5 Å². The Morgan fingerprint density at radius 3 is 2.69 bits per heavy atom. The molecule has 0 amide bonds. The van der Waals surface area contributed by atoms with Crippen LogP contribution in [0, 0.1) is 22.7 Å². The van der Waals surface area contributed by atoms with Gasteiger partial charge in [0.05, 0.1) is 37.7 Å². The minimum absolute atomic E-state index is 0.0451. The zero-order chi connectivity index (χ0) is 20.8. The second kappa shape index (κ2) is 6.90. The predicted octanol–water partition coefficient (Wildman–Crippen LogP) is 3.13. The maximum atomic E-state index is 13.3. The Kier molecular flexibility index (Phi) is 4.63. The van der Waals surface area contributed by atoms with Crippen molar-refractivity contribution in [2.24, 2.45) is 22.7 Å². The number of fused-ring (bicyclic) bond motifs is 2. The molecule has 1 aromatic heterocycles. The van der Waals surface area contributed by atoms with Crippen molar-refractivity contribution >= 4 is 17.9 Å². The van der Waals surface area contributed by atoms with Gasteiger partial charge in [-0.3, -0.25) is 9.59 Å². The van der Waals surface area contributed by atoms with E-state index in [1.165, 1.54) is 20.5 Å². The molecule has 3 aliphatic rings. The highest BCUT2D eigenvalue weighted by Crippen LogP contribution is 2.65. The summed E-state index contributed by atoms with van der Waals surface area (Å²) < 4.78 is 21.1. The highest BCUT2D eigenvalue weighted by Gasteiger charge is 2.69. The fourth-order valence-electron chi connectivity index (χ4n) is 5.51. The molecule has 2 fully saturated rings. The summed E-state index contributed by atoms with van der Waals surface area (Å²) in [7, 11) is 2.58. The molecule has 0 aromatic carbocycles. The highest BCUT2D eigenvalue weighted by molar-refractivity contribution is 6.00. The minimum atomic E-state index is -1.28. The first-order valence-corrected chi connectivity index (χ1v) is 9.70. The van der Waals surface area contributed by atoms with Gasteiger partial charge in [0.2, 0.25) is 0 Å². The molecule has 4 rings (SSSR count). The van der Waals surface area contributed by atoms with Gasteiger partial charge < -0.3 is 18.6 Å². The lowest BCUT2D eigenvalue weighted by molar-refractivity contribution is -0.172. The number of rotatable bonds is 3. The van der Waals surface area contributed by atoms with Crippen molar-refractivity contribution in [1.82, 2.24) is 0 Å². The molecule has 154 valence electrons. The zero-order valence-electron chi connectivity index (χ0n) is 16.7. The monoisotopic (exact) mass is 400 g/mol. The van der Waals surface area contributed by atoms with Crippen molar-refractivity contribution in [2.45, 2.75) is 32.3 Å². The lowest BCUT2D eigenvalue weighted by atomic mass is 9.47. The zero-order valence-corrected chi connectivity index (χ0v) is 16.7. The van der Waals surface area contributed by atoms with Crippen LogP contribution >= 0.6 is 0 Å². The minimum Gasteiger partial charge on any atom is -0.472 e. The quantitative estimate of drug-likeness (QED) is 0.568. The number of allylic oxidation sites excluding steroid dienone is 3. The molecule has 1 saturated carbocycles. The molecule has 1 aromatic rings. The molecule has 7 heteroatoms. The van der Waals surface area contributed by atoms with Crippen molar-refractivity contribution in [1.29, 1.82) is 0 Å². The molecule has 29 heavy (non-hydrogen) atoms. The van der Waals surface area contributed by atoms with Crippen LogP contribution in [0.3, 0.4) is 0 Å². The first kappa shape index (κ1) is 19.5. The summed E-state index contributed by atoms with van der Waals surface area (Å²) in [6.07, 6.45) is 9.16. The molecule has 7 nitrogen and oxygen atoms in total. The van der Waals surface area contributed by atoms with E-state index in [1.807, 2.05) is 13.0 Å². The lowest BCUT2D eigenvalue weighted by Crippen LogP contribution is -2.58. The molecule has 2 aliphatic carbocycles. The van der Waals surface area contributed by atoms with E-state index >= 15 is 0 Å². The number of cyclic esters (lactones) is 1. The van der Waals surface area contributed by atoms with Crippen molar-refractivity contribution in [3.8, 4) is 0 Å². The van der Waals surface area contributed by atoms with Gasteiger partial charge in [-0.2, -0.15) is 0 Å². The predicted molar refractivity (Wildman–Crippen MR) is 100 cm³/mol. The van der Waals surface area contributed by atoms with Crippen LogP contribution in [0.2, 0.25) is 0 Å². The van der Waals surface area contributed by atoms with Gasteiger partial charge in [0, 0.05) is 17.9 Å². The molecule has 0 unspecified atom stereocenters. The fourth-order valence-corrected chi connectivity index (χ4v) is 5.51. The second-order valence-electron chi connectivity index (χ2n) is 8.03. The van der Waals surface area contributed by atoms with Crippen LogP contribution in [0.15, 0.2) is 46.8 Å². The van der Waals surface area contributed by atoms with Crippen LogP contribution in [0.25, 0.3) is 0 Å². The highest BCUT2D eigenvalue weighted by atomic mass is 16.6. The summed E-state index contributed by atoms with van der Waals surface area (Å²) in [5.74, 6) is -2.10. The Balaban J connectivity index is 1.85. The van der Waals surface area contributed by atoms with E-state index in [2.05, 4.69) is 0 Å². The maximum Gasteiger partial charge on any atom is 0.334 e.